The number of rotatable bonds is 5. The highest BCUT2D eigenvalue weighted by Gasteiger charge is 2.39. The SMILES string of the molecule is O=C(CC1CC2CCC(C1)N2)NCC1(c2ccc(F)cc2)CCC1. The number of carbonyl (C=O) groups excluding carboxylic acids is 1. The van der Waals surface area contributed by atoms with Crippen LogP contribution in [0.5, 0.6) is 0 Å². The minimum Gasteiger partial charge on any atom is -0.355 e. The van der Waals surface area contributed by atoms with Crippen LogP contribution in [0.15, 0.2) is 24.3 Å². The Labute approximate surface area is 143 Å². The van der Waals surface area contributed by atoms with Crippen LogP contribution in [0.3, 0.4) is 0 Å². The molecule has 1 amide bonds. The van der Waals surface area contributed by atoms with Crippen LogP contribution in [0, 0.1) is 11.7 Å². The van der Waals surface area contributed by atoms with E-state index in [0.29, 0.717) is 31.0 Å². The molecule has 2 heterocycles. The van der Waals surface area contributed by atoms with Crippen LogP contribution in [0.1, 0.15) is 56.9 Å². The van der Waals surface area contributed by atoms with Crippen molar-refractivity contribution in [3.05, 3.63) is 35.6 Å². The fourth-order valence-electron chi connectivity index (χ4n) is 4.92. The van der Waals surface area contributed by atoms with Crippen LogP contribution in [0.2, 0.25) is 0 Å². The average molecular weight is 330 g/mol. The molecule has 0 radical (unpaired) electrons. The zero-order valence-corrected chi connectivity index (χ0v) is 14.2. The van der Waals surface area contributed by atoms with Gasteiger partial charge in [-0.3, -0.25) is 4.79 Å². The predicted octanol–water partition coefficient (Wildman–Crippen LogP) is 3.28. The molecule has 2 N–H and O–H groups in total. The van der Waals surface area contributed by atoms with Crippen molar-refractivity contribution in [3.8, 4) is 0 Å². The maximum absolute atomic E-state index is 13.2. The van der Waals surface area contributed by atoms with Gasteiger partial charge in [0.2, 0.25) is 5.91 Å². The molecule has 2 atom stereocenters. The predicted molar refractivity (Wildman–Crippen MR) is 92.2 cm³/mol. The molecule has 130 valence electrons. The van der Waals surface area contributed by atoms with E-state index in [1.165, 1.54) is 31.4 Å². The lowest BCUT2D eigenvalue weighted by Crippen LogP contribution is -2.46. The van der Waals surface area contributed by atoms with Gasteiger partial charge in [0, 0.05) is 30.5 Å². The Hall–Kier alpha value is -1.42. The van der Waals surface area contributed by atoms with Crippen LogP contribution < -0.4 is 10.6 Å². The lowest BCUT2D eigenvalue weighted by Gasteiger charge is -2.42. The van der Waals surface area contributed by atoms with Crippen LogP contribution >= 0.6 is 0 Å². The standard InChI is InChI=1S/C20H27FN2O/c21-16-4-2-15(3-5-16)20(8-1-9-20)13-22-19(24)12-14-10-17-6-7-18(11-14)23-17/h2-5,14,17-18,23H,1,6-13H2,(H,22,24). The van der Waals surface area contributed by atoms with Gasteiger partial charge in [-0.1, -0.05) is 18.6 Å². The molecule has 1 aromatic rings. The maximum atomic E-state index is 13.2. The summed E-state index contributed by atoms with van der Waals surface area (Å²) in [7, 11) is 0. The summed E-state index contributed by atoms with van der Waals surface area (Å²) in [6.07, 6.45) is 8.85. The maximum Gasteiger partial charge on any atom is 0.220 e. The Balaban J connectivity index is 1.32. The topological polar surface area (TPSA) is 41.1 Å². The van der Waals surface area contributed by atoms with Crippen molar-refractivity contribution in [3.63, 3.8) is 0 Å². The fourth-order valence-corrected chi connectivity index (χ4v) is 4.92. The largest absolute Gasteiger partial charge is 0.355 e. The quantitative estimate of drug-likeness (QED) is 0.870. The van der Waals surface area contributed by atoms with E-state index < -0.39 is 0 Å². The first-order valence-electron chi connectivity index (χ1n) is 9.42. The first-order chi connectivity index (χ1) is 11.6. The van der Waals surface area contributed by atoms with E-state index in [-0.39, 0.29) is 17.1 Å². The second-order valence-corrected chi connectivity index (χ2v) is 8.10. The monoisotopic (exact) mass is 330 g/mol. The number of amides is 1. The molecule has 0 spiro atoms. The van der Waals surface area contributed by atoms with Crippen molar-refractivity contribution in [1.29, 1.82) is 0 Å². The molecule has 24 heavy (non-hydrogen) atoms. The van der Waals surface area contributed by atoms with E-state index in [4.69, 9.17) is 0 Å². The molecule has 1 aromatic carbocycles. The van der Waals surface area contributed by atoms with Crippen molar-refractivity contribution >= 4 is 5.91 Å². The molecule has 2 saturated heterocycles. The van der Waals surface area contributed by atoms with Gasteiger partial charge in [0.05, 0.1) is 0 Å². The summed E-state index contributed by atoms with van der Waals surface area (Å²) in [4.78, 5) is 12.4. The van der Waals surface area contributed by atoms with E-state index in [9.17, 15) is 9.18 Å². The molecule has 2 bridgehead atoms. The number of carbonyl (C=O) groups is 1. The van der Waals surface area contributed by atoms with E-state index in [0.717, 1.165) is 31.2 Å². The Morgan fingerprint density at radius 1 is 1.17 bits per heavy atom. The Morgan fingerprint density at radius 2 is 1.83 bits per heavy atom. The highest BCUT2D eigenvalue weighted by molar-refractivity contribution is 5.76. The van der Waals surface area contributed by atoms with Crippen LogP contribution in [-0.2, 0) is 10.2 Å². The van der Waals surface area contributed by atoms with E-state index in [2.05, 4.69) is 10.6 Å². The van der Waals surface area contributed by atoms with Gasteiger partial charge in [0.1, 0.15) is 5.82 Å². The van der Waals surface area contributed by atoms with Crippen molar-refractivity contribution < 1.29 is 9.18 Å². The van der Waals surface area contributed by atoms with Gasteiger partial charge in [-0.05, 0) is 62.1 Å². The van der Waals surface area contributed by atoms with Crippen molar-refractivity contribution in [2.75, 3.05) is 6.54 Å². The molecular formula is C20H27FN2O. The summed E-state index contributed by atoms with van der Waals surface area (Å²) in [5, 5.41) is 6.81. The van der Waals surface area contributed by atoms with Crippen molar-refractivity contribution in [1.82, 2.24) is 10.6 Å². The molecule has 4 rings (SSSR count). The van der Waals surface area contributed by atoms with Gasteiger partial charge >= 0.3 is 0 Å². The molecular weight excluding hydrogens is 303 g/mol. The highest BCUT2D eigenvalue weighted by atomic mass is 19.1. The van der Waals surface area contributed by atoms with Gasteiger partial charge in [-0.2, -0.15) is 0 Å². The number of nitrogens with one attached hydrogen (secondary N) is 2. The Bertz CT molecular complexity index is 584. The Kier molecular flexibility index (Phi) is 4.33. The second kappa shape index (κ2) is 6.47. The normalized spacial score (nSPS) is 30.6. The summed E-state index contributed by atoms with van der Waals surface area (Å²) in [6.45, 7) is 0.690. The molecule has 2 unspecified atom stereocenters. The molecule has 3 aliphatic rings. The Morgan fingerprint density at radius 3 is 2.42 bits per heavy atom. The minimum atomic E-state index is -0.196. The molecule has 0 aromatic heterocycles. The minimum absolute atomic E-state index is 0.0243. The highest BCUT2D eigenvalue weighted by Crippen LogP contribution is 2.43. The van der Waals surface area contributed by atoms with Crippen molar-refractivity contribution in [2.45, 2.75) is 68.9 Å². The molecule has 3 nitrogen and oxygen atoms in total. The molecule has 3 fully saturated rings. The van der Waals surface area contributed by atoms with E-state index in [1.54, 1.807) is 0 Å². The first-order valence-corrected chi connectivity index (χ1v) is 9.42. The molecule has 4 heteroatoms. The van der Waals surface area contributed by atoms with Gasteiger partial charge in [0.25, 0.3) is 0 Å². The second-order valence-electron chi connectivity index (χ2n) is 8.10. The van der Waals surface area contributed by atoms with Gasteiger partial charge in [0.15, 0.2) is 0 Å². The van der Waals surface area contributed by atoms with Crippen molar-refractivity contribution in [2.24, 2.45) is 5.92 Å². The zero-order chi connectivity index (χ0) is 16.6. The third-order valence-corrected chi connectivity index (χ3v) is 6.44. The summed E-state index contributed by atoms with van der Waals surface area (Å²) >= 11 is 0. The zero-order valence-electron chi connectivity index (χ0n) is 14.2. The van der Waals surface area contributed by atoms with Crippen LogP contribution in [0.4, 0.5) is 4.39 Å². The van der Waals surface area contributed by atoms with Gasteiger partial charge < -0.3 is 10.6 Å². The van der Waals surface area contributed by atoms with E-state index >= 15 is 0 Å². The van der Waals surface area contributed by atoms with E-state index in [1.807, 2.05) is 12.1 Å². The number of fused-ring (bicyclic) bond motifs is 2. The van der Waals surface area contributed by atoms with Gasteiger partial charge in [-0.25, -0.2) is 4.39 Å². The lowest BCUT2D eigenvalue weighted by molar-refractivity contribution is -0.122. The lowest BCUT2D eigenvalue weighted by atomic mass is 9.64. The number of hydrogen-bond donors (Lipinski definition) is 2. The number of benzene rings is 1. The van der Waals surface area contributed by atoms with Crippen LogP contribution in [-0.4, -0.2) is 24.5 Å². The summed E-state index contributed by atoms with van der Waals surface area (Å²) in [5.41, 5.74) is 1.19. The number of hydrogen-bond acceptors (Lipinski definition) is 2. The summed E-state index contributed by atoms with van der Waals surface area (Å²) in [6, 6.07) is 8.10. The molecule has 2 aliphatic heterocycles. The fraction of sp³-hybridized carbons (Fsp3) is 0.650. The third-order valence-electron chi connectivity index (χ3n) is 6.44. The number of halogens is 1. The number of piperidine rings is 1. The molecule has 1 saturated carbocycles. The summed E-state index contributed by atoms with van der Waals surface area (Å²) < 4.78 is 13.2. The first kappa shape index (κ1) is 16.1. The third kappa shape index (κ3) is 3.21. The van der Waals surface area contributed by atoms with Crippen LogP contribution in [0.25, 0.3) is 0 Å². The van der Waals surface area contributed by atoms with Gasteiger partial charge in [-0.15, -0.1) is 0 Å². The smallest absolute Gasteiger partial charge is 0.220 e. The summed E-state index contributed by atoms with van der Waals surface area (Å²) in [5.74, 6) is 0.527. The molecule has 1 aliphatic carbocycles. The average Bonchev–Trinajstić information content (AvgIpc) is 2.86.